The molecule has 0 amide bonds. The van der Waals surface area contributed by atoms with E-state index >= 15 is 0 Å². The fourth-order valence-corrected chi connectivity index (χ4v) is 0.395. The number of hydrogen-bond donors (Lipinski definition) is 0. The highest BCUT2D eigenvalue weighted by atomic mass is 19.3. The Morgan fingerprint density at radius 2 is 1.89 bits per heavy atom. The van der Waals surface area contributed by atoms with Gasteiger partial charge in [0.05, 0.1) is 6.54 Å². The molecule has 0 aliphatic heterocycles. The van der Waals surface area contributed by atoms with Crippen LogP contribution in [0.15, 0.2) is 0 Å². The summed E-state index contributed by atoms with van der Waals surface area (Å²) in [5, 5.41) is 6.35. The first-order valence-corrected chi connectivity index (χ1v) is 2.26. The fourth-order valence-electron chi connectivity index (χ4n) is 0.395. The summed E-state index contributed by atoms with van der Waals surface area (Å²) in [4.78, 5) is 0. The van der Waals surface area contributed by atoms with Gasteiger partial charge in [0, 0.05) is 0 Å². The first-order valence-electron chi connectivity index (χ1n) is 2.26. The van der Waals surface area contributed by atoms with Crippen molar-refractivity contribution in [3.63, 3.8) is 0 Å². The zero-order chi connectivity index (χ0) is 6.69. The van der Waals surface area contributed by atoms with Crippen LogP contribution < -0.4 is 0 Å². The monoisotopic (exact) mass is 131 g/mol. The molecule has 0 saturated heterocycles. The Balaban J connectivity index is 2.48. The molecule has 0 unspecified atom stereocenters. The number of rotatable bonds is 2. The topological polar surface area (TPSA) is 30.7 Å². The molecule has 2 radical (unpaired) electrons. The highest BCUT2D eigenvalue weighted by molar-refractivity contribution is 4.55. The van der Waals surface area contributed by atoms with Crippen molar-refractivity contribution in [3.05, 3.63) is 12.7 Å². The summed E-state index contributed by atoms with van der Waals surface area (Å²) in [5.74, 6) is 0. The molecule has 5 heteroatoms. The molecule has 0 fully saturated rings. The summed E-state index contributed by atoms with van der Waals surface area (Å²) >= 11 is 0. The standard InChI is InChI=1S/C4H3F2N3/c5-4(6)1-9-2-7-8-3-9/h4H,1H2. The summed E-state index contributed by atoms with van der Waals surface area (Å²) in [6.45, 7) is -0.438. The SMILES string of the molecule is FC(F)Cn1[c]nn[c]1. The van der Waals surface area contributed by atoms with Crippen molar-refractivity contribution in [2.24, 2.45) is 0 Å². The third-order valence-corrected chi connectivity index (χ3v) is 0.701. The Bertz CT molecular complexity index is 160. The van der Waals surface area contributed by atoms with Crippen LogP contribution in [0.2, 0.25) is 0 Å². The highest BCUT2D eigenvalue weighted by Gasteiger charge is 2.02. The van der Waals surface area contributed by atoms with Gasteiger partial charge in [-0.2, -0.15) is 0 Å². The number of halogens is 2. The molecule has 1 aromatic rings. The zero-order valence-electron chi connectivity index (χ0n) is 4.38. The molecule has 0 N–H and O–H groups in total. The molecule has 0 spiro atoms. The molecular formula is C4H3F2N3. The van der Waals surface area contributed by atoms with Crippen molar-refractivity contribution >= 4 is 0 Å². The highest BCUT2D eigenvalue weighted by Crippen LogP contribution is 1.94. The Morgan fingerprint density at radius 1 is 1.33 bits per heavy atom. The minimum atomic E-state index is -2.39. The van der Waals surface area contributed by atoms with Crippen molar-refractivity contribution < 1.29 is 8.78 Å². The van der Waals surface area contributed by atoms with E-state index in [-0.39, 0.29) is 0 Å². The van der Waals surface area contributed by atoms with Gasteiger partial charge in [-0.05, 0) is 0 Å². The second-order valence-electron chi connectivity index (χ2n) is 1.40. The van der Waals surface area contributed by atoms with Crippen LogP contribution in [0.1, 0.15) is 0 Å². The number of nitrogens with zero attached hydrogens (tertiary/aromatic N) is 3. The molecule has 1 aromatic heterocycles. The van der Waals surface area contributed by atoms with Gasteiger partial charge in [-0.3, -0.25) is 4.57 Å². The number of aromatic nitrogens is 3. The fraction of sp³-hybridized carbons (Fsp3) is 0.500. The quantitative estimate of drug-likeness (QED) is 0.571. The maximum absolute atomic E-state index is 11.5. The van der Waals surface area contributed by atoms with Gasteiger partial charge >= 0.3 is 0 Å². The minimum absolute atomic E-state index is 0.438. The largest absolute Gasteiger partial charge is 0.296 e. The molecular weight excluding hydrogens is 128 g/mol. The summed E-state index contributed by atoms with van der Waals surface area (Å²) in [7, 11) is 0. The van der Waals surface area contributed by atoms with Crippen LogP contribution in [0.5, 0.6) is 0 Å². The van der Waals surface area contributed by atoms with Crippen LogP contribution in [0, 0.1) is 12.7 Å². The van der Waals surface area contributed by atoms with Crippen molar-refractivity contribution in [3.8, 4) is 0 Å². The molecule has 1 heterocycles. The van der Waals surface area contributed by atoms with Gasteiger partial charge in [0.2, 0.25) is 12.7 Å². The summed E-state index contributed by atoms with van der Waals surface area (Å²) in [6, 6.07) is 0. The van der Waals surface area contributed by atoms with Crippen LogP contribution >= 0.6 is 0 Å². The molecule has 0 aromatic carbocycles. The molecule has 1 rings (SSSR count). The maximum Gasteiger partial charge on any atom is 0.256 e. The van der Waals surface area contributed by atoms with E-state index in [4.69, 9.17) is 0 Å². The van der Waals surface area contributed by atoms with Gasteiger partial charge in [-0.25, -0.2) is 8.78 Å². The molecule has 0 saturated carbocycles. The second-order valence-corrected chi connectivity index (χ2v) is 1.40. The average Bonchev–Trinajstić information content (AvgIpc) is 2.15. The summed E-state index contributed by atoms with van der Waals surface area (Å²) in [6.07, 6.45) is 1.98. The Morgan fingerprint density at radius 3 is 2.33 bits per heavy atom. The lowest BCUT2D eigenvalue weighted by molar-refractivity contribution is 0.126. The van der Waals surface area contributed by atoms with Crippen molar-refractivity contribution in [1.82, 2.24) is 14.8 Å². The smallest absolute Gasteiger partial charge is 0.256 e. The minimum Gasteiger partial charge on any atom is -0.296 e. The molecule has 48 valence electrons. The predicted octanol–water partition coefficient (Wildman–Crippen LogP) is 0.144. The lowest BCUT2D eigenvalue weighted by Crippen LogP contribution is -2.04. The summed E-state index contributed by atoms with van der Waals surface area (Å²) in [5.41, 5.74) is 0. The third kappa shape index (κ3) is 1.75. The Kier molecular flexibility index (Phi) is 1.72. The van der Waals surface area contributed by atoms with E-state index in [1.54, 1.807) is 0 Å². The van der Waals surface area contributed by atoms with Gasteiger partial charge in [0.1, 0.15) is 0 Å². The van der Waals surface area contributed by atoms with Crippen molar-refractivity contribution in [2.45, 2.75) is 13.0 Å². The molecule has 3 nitrogen and oxygen atoms in total. The average molecular weight is 131 g/mol. The Hall–Kier alpha value is -1.00. The van der Waals surface area contributed by atoms with Crippen LogP contribution in [0.25, 0.3) is 0 Å². The van der Waals surface area contributed by atoms with E-state index in [1.165, 1.54) is 0 Å². The molecule has 0 atom stereocenters. The third-order valence-electron chi connectivity index (χ3n) is 0.701. The molecule has 0 aliphatic carbocycles. The van der Waals surface area contributed by atoms with Gasteiger partial charge in [0.15, 0.2) is 0 Å². The van der Waals surface area contributed by atoms with Crippen LogP contribution in [-0.4, -0.2) is 21.2 Å². The van der Waals surface area contributed by atoms with E-state index < -0.39 is 13.0 Å². The van der Waals surface area contributed by atoms with E-state index in [0.717, 1.165) is 4.57 Å². The maximum atomic E-state index is 11.5. The van der Waals surface area contributed by atoms with Crippen molar-refractivity contribution in [2.75, 3.05) is 0 Å². The van der Waals surface area contributed by atoms with Gasteiger partial charge < -0.3 is 0 Å². The first kappa shape index (κ1) is 6.12. The van der Waals surface area contributed by atoms with E-state index in [9.17, 15) is 8.78 Å². The number of alkyl halides is 2. The molecule has 9 heavy (non-hydrogen) atoms. The van der Waals surface area contributed by atoms with Crippen molar-refractivity contribution in [1.29, 1.82) is 0 Å². The van der Waals surface area contributed by atoms with Crippen LogP contribution in [0.4, 0.5) is 8.78 Å². The summed E-state index contributed by atoms with van der Waals surface area (Å²) < 4.78 is 23.9. The zero-order valence-corrected chi connectivity index (χ0v) is 4.38. The van der Waals surface area contributed by atoms with E-state index in [2.05, 4.69) is 22.9 Å². The molecule has 0 aliphatic rings. The Labute approximate surface area is 50.3 Å². The normalized spacial score (nSPS) is 10.6. The molecule has 0 bridgehead atoms. The lowest BCUT2D eigenvalue weighted by Gasteiger charge is -1.94. The van der Waals surface area contributed by atoms with Crippen LogP contribution in [-0.2, 0) is 6.54 Å². The predicted molar refractivity (Wildman–Crippen MR) is 23.7 cm³/mol. The lowest BCUT2D eigenvalue weighted by atomic mass is 10.7. The number of hydrogen-bond acceptors (Lipinski definition) is 2. The van der Waals surface area contributed by atoms with Gasteiger partial charge in [-0.1, -0.05) is 0 Å². The second kappa shape index (κ2) is 2.52. The van der Waals surface area contributed by atoms with E-state index in [1.807, 2.05) is 0 Å². The van der Waals surface area contributed by atoms with Crippen LogP contribution in [0.3, 0.4) is 0 Å². The van der Waals surface area contributed by atoms with Gasteiger partial charge in [0.25, 0.3) is 6.43 Å². The van der Waals surface area contributed by atoms with Gasteiger partial charge in [-0.15, -0.1) is 10.2 Å². The van der Waals surface area contributed by atoms with E-state index in [0.29, 0.717) is 0 Å². The first-order chi connectivity index (χ1) is 4.29.